The van der Waals surface area contributed by atoms with Crippen LogP contribution in [-0.4, -0.2) is 45.4 Å². The molecular formula is C16H18N4O4. The Morgan fingerprint density at radius 1 is 1.17 bits per heavy atom. The highest BCUT2D eigenvalue weighted by molar-refractivity contribution is 5.88. The van der Waals surface area contributed by atoms with Crippen molar-refractivity contribution >= 4 is 17.8 Å². The largest absolute Gasteiger partial charge is 0.480 e. The Morgan fingerprint density at radius 3 is 2.54 bits per heavy atom. The number of carboxylic acids is 1. The maximum Gasteiger partial charge on any atom is 0.326 e. The molecule has 0 unspecified atom stereocenters. The van der Waals surface area contributed by atoms with Gasteiger partial charge in [0.25, 0.3) is 0 Å². The zero-order valence-corrected chi connectivity index (χ0v) is 12.9. The smallest absolute Gasteiger partial charge is 0.326 e. The first-order valence-electron chi connectivity index (χ1n) is 7.35. The molecule has 8 nitrogen and oxygen atoms in total. The van der Waals surface area contributed by atoms with Crippen LogP contribution in [0.4, 0.5) is 0 Å². The van der Waals surface area contributed by atoms with Crippen LogP contribution in [-0.2, 0) is 27.2 Å². The molecule has 0 spiro atoms. The van der Waals surface area contributed by atoms with Crippen LogP contribution >= 0.6 is 0 Å². The van der Waals surface area contributed by atoms with E-state index in [4.69, 9.17) is 5.11 Å². The minimum atomic E-state index is -1.16. The summed E-state index contributed by atoms with van der Waals surface area (Å²) in [7, 11) is 0. The zero-order chi connectivity index (χ0) is 17.4. The summed E-state index contributed by atoms with van der Waals surface area (Å²) >= 11 is 0. The molecule has 126 valence electrons. The number of aliphatic carboxylic acids is 1. The van der Waals surface area contributed by atoms with Gasteiger partial charge in [0.2, 0.25) is 11.8 Å². The van der Waals surface area contributed by atoms with Crippen molar-refractivity contribution in [2.24, 2.45) is 0 Å². The van der Waals surface area contributed by atoms with E-state index < -0.39 is 17.9 Å². The number of imidazole rings is 1. The Kier molecular flexibility index (Phi) is 6.07. The van der Waals surface area contributed by atoms with Gasteiger partial charge in [-0.15, -0.1) is 0 Å². The van der Waals surface area contributed by atoms with E-state index in [1.54, 1.807) is 6.20 Å². The SMILES string of the molecule is O=C(Cc1ccccc1)NCC(=O)N[C@@H](Cc1c[nH]cn1)C(=O)O. The summed E-state index contributed by atoms with van der Waals surface area (Å²) in [6.07, 6.45) is 3.20. The number of carboxylic acid groups (broad SMARTS) is 1. The van der Waals surface area contributed by atoms with E-state index in [9.17, 15) is 14.4 Å². The van der Waals surface area contributed by atoms with E-state index in [1.165, 1.54) is 6.33 Å². The number of hydrogen-bond acceptors (Lipinski definition) is 4. The van der Waals surface area contributed by atoms with Crippen molar-refractivity contribution in [3.8, 4) is 0 Å². The van der Waals surface area contributed by atoms with Gasteiger partial charge in [-0.2, -0.15) is 0 Å². The Balaban J connectivity index is 1.78. The van der Waals surface area contributed by atoms with Gasteiger partial charge in [0.1, 0.15) is 6.04 Å². The first kappa shape index (κ1) is 17.2. The highest BCUT2D eigenvalue weighted by Gasteiger charge is 2.21. The van der Waals surface area contributed by atoms with E-state index in [0.29, 0.717) is 5.69 Å². The van der Waals surface area contributed by atoms with Gasteiger partial charge in [0.15, 0.2) is 0 Å². The van der Waals surface area contributed by atoms with Crippen molar-refractivity contribution in [2.45, 2.75) is 18.9 Å². The van der Waals surface area contributed by atoms with Gasteiger partial charge >= 0.3 is 5.97 Å². The standard InChI is InChI=1S/C16H18N4O4/c21-14(6-11-4-2-1-3-5-11)18-9-15(22)20-13(16(23)24)7-12-8-17-10-19-12/h1-5,8,10,13H,6-7,9H2,(H,17,19)(H,18,21)(H,20,22)(H,23,24)/t13-/m0/s1. The molecule has 0 aliphatic carbocycles. The van der Waals surface area contributed by atoms with Gasteiger partial charge in [-0.1, -0.05) is 30.3 Å². The van der Waals surface area contributed by atoms with Gasteiger partial charge in [0.05, 0.1) is 25.0 Å². The van der Waals surface area contributed by atoms with Crippen molar-refractivity contribution in [2.75, 3.05) is 6.54 Å². The molecule has 0 aliphatic rings. The number of rotatable bonds is 8. The monoisotopic (exact) mass is 330 g/mol. The van der Waals surface area contributed by atoms with Crippen LogP contribution in [0.2, 0.25) is 0 Å². The second kappa shape index (κ2) is 8.47. The predicted octanol–water partition coefficient (Wildman–Crippen LogP) is -0.119. The molecule has 0 saturated carbocycles. The van der Waals surface area contributed by atoms with Crippen LogP contribution in [0.1, 0.15) is 11.3 Å². The van der Waals surface area contributed by atoms with Crippen molar-refractivity contribution < 1.29 is 19.5 Å². The van der Waals surface area contributed by atoms with E-state index in [-0.39, 0.29) is 25.3 Å². The molecule has 1 heterocycles. The van der Waals surface area contributed by atoms with Crippen molar-refractivity contribution in [3.63, 3.8) is 0 Å². The maximum absolute atomic E-state index is 11.8. The fourth-order valence-electron chi connectivity index (χ4n) is 2.08. The summed E-state index contributed by atoms with van der Waals surface area (Å²) in [4.78, 5) is 41.4. The van der Waals surface area contributed by atoms with Gasteiger partial charge in [-0.3, -0.25) is 9.59 Å². The molecule has 1 aromatic carbocycles. The van der Waals surface area contributed by atoms with Crippen LogP contribution in [0.25, 0.3) is 0 Å². The summed E-state index contributed by atoms with van der Waals surface area (Å²) in [6, 6.07) is 8.00. The number of amides is 2. The highest BCUT2D eigenvalue weighted by Crippen LogP contribution is 2.00. The third-order valence-corrected chi connectivity index (χ3v) is 3.26. The normalized spacial score (nSPS) is 11.5. The van der Waals surface area contributed by atoms with Gasteiger partial charge in [-0.25, -0.2) is 9.78 Å². The molecule has 2 rings (SSSR count). The Hall–Kier alpha value is -3.16. The van der Waals surface area contributed by atoms with Crippen LogP contribution in [0.3, 0.4) is 0 Å². The number of carbonyl (C=O) groups is 3. The number of aromatic nitrogens is 2. The topological polar surface area (TPSA) is 124 Å². The quantitative estimate of drug-likeness (QED) is 0.537. The Morgan fingerprint density at radius 2 is 1.92 bits per heavy atom. The molecule has 0 bridgehead atoms. The second-order valence-electron chi connectivity index (χ2n) is 5.16. The molecule has 0 saturated heterocycles. The fourth-order valence-corrected chi connectivity index (χ4v) is 2.08. The van der Waals surface area contributed by atoms with Crippen LogP contribution < -0.4 is 10.6 Å². The molecule has 2 amide bonds. The lowest BCUT2D eigenvalue weighted by Crippen LogP contribution is -2.46. The van der Waals surface area contributed by atoms with Gasteiger partial charge in [0, 0.05) is 12.6 Å². The number of nitrogens with zero attached hydrogens (tertiary/aromatic N) is 1. The zero-order valence-electron chi connectivity index (χ0n) is 12.9. The number of hydrogen-bond donors (Lipinski definition) is 4. The number of H-pyrrole nitrogens is 1. The Labute approximate surface area is 138 Å². The fraction of sp³-hybridized carbons (Fsp3) is 0.250. The van der Waals surface area contributed by atoms with E-state index in [0.717, 1.165) is 5.56 Å². The molecular weight excluding hydrogens is 312 g/mol. The molecule has 0 fully saturated rings. The first-order valence-corrected chi connectivity index (χ1v) is 7.35. The third-order valence-electron chi connectivity index (χ3n) is 3.26. The first-order chi connectivity index (χ1) is 11.5. The number of nitrogens with one attached hydrogen (secondary N) is 3. The molecule has 4 N–H and O–H groups in total. The van der Waals surface area contributed by atoms with E-state index in [2.05, 4.69) is 20.6 Å². The summed E-state index contributed by atoms with van der Waals surface area (Å²) < 4.78 is 0. The lowest BCUT2D eigenvalue weighted by molar-refractivity contribution is -0.141. The Bertz CT molecular complexity index is 685. The van der Waals surface area contributed by atoms with Gasteiger partial charge in [-0.05, 0) is 5.56 Å². The number of aromatic amines is 1. The van der Waals surface area contributed by atoms with Crippen LogP contribution in [0, 0.1) is 0 Å². The highest BCUT2D eigenvalue weighted by atomic mass is 16.4. The predicted molar refractivity (Wildman–Crippen MR) is 85.0 cm³/mol. The molecule has 0 aliphatic heterocycles. The molecule has 8 heteroatoms. The average molecular weight is 330 g/mol. The lowest BCUT2D eigenvalue weighted by Gasteiger charge is -2.13. The van der Waals surface area contributed by atoms with Crippen molar-refractivity contribution in [3.05, 3.63) is 54.1 Å². The minimum Gasteiger partial charge on any atom is -0.480 e. The average Bonchev–Trinajstić information content (AvgIpc) is 3.06. The van der Waals surface area contributed by atoms with E-state index >= 15 is 0 Å². The van der Waals surface area contributed by atoms with Crippen molar-refractivity contribution in [1.82, 2.24) is 20.6 Å². The summed E-state index contributed by atoms with van der Waals surface area (Å²) in [6.45, 7) is -0.282. The molecule has 2 aromatic rings. The van der Waals surface area contributed by atoms with Crippen LogP contribution in [0.5, 0.6) is 0 Å². The van der Waals surface area contributed by atoms with Gasteiger partial charge < -0.3 is 20.7 Å². The van der Waals surface area contributed by atoms with Crippen molar-refractivity contribution in [1.29, 1.82) is 0 Å². The summed E-state index contributed by atoms with van der Waals surface area (Å²) in [5, 5.41) is 14.0. The number of carbonyl (C=O) groups excluding carboxylic acids is 2. The number of benzene rings is 1. The summed E-state index contributed by atoms with van der Waals surface area (Å²) in [5.74, 6) is -2.04. The molecule has 0 radical (unpaired) electrons. The molecule has 1 aromatic heterocycles. The lowest BCUT2D eigenvalue weighted by atomic mass is 10.1. The van der Waals surface area contributed by atoms with Crippen LogP contribution in [0.15, 0.2) is 42.9 Å². The second-order valence-corrected chi connectivity index (χ2v) is 5.16. The summed E-state index contributed by atoms with van der Waals surface area (Å²) in [5.41, 5.74) is 1.35. The minimum absolute atomic E-state index is 0.0581. The van der Waals surface area contributed by atoms with E-state index in [1.807, 2.05) is 30.3 Å². The molecule has 24 heavy (non-hydrogen) atoms. The molecule has 1 atom stereocenters. The third kappa shape index (κ3) is 5.56. The maximum atomic E-state index is 11.8.